The molecule has 0 aromatic rings. The summed E-state index contributed by atoms with van der Waals surface area (Å²) in [6.45, 7) is 3.12. The van der Waals surface area contributed by atoms with Crippen LogP contribution >= 0.6 is 0 Å². The van der Waals surface area contributed by atoms with E-state index < -0.39 is 66.2 Å². The van der Waals surface area contributed by atoms with E-state index in [9.17, 15) is 79.4 Å². The average molecular weight is 605 g/mol. The zero-order valence-electron chi connectivity index (χ0n) is 18.5. The lowest BCUT2D eigenvalue weighted by molar-refractivity contribution is -0.548. The van der Waals surface area contributed by atoms with Crippen molar-refractivity contribution in [2.45, 2.75) is 87.5 Å². The molecular formula is C17H16F17NO3. The molecule has 226 valence electrons. The molecule has 1 aliphatic rings. The SMILES string of the molecule is C[C@@H]1CC[C@@H](NC(=O)[C@](F)(OC(F)(F)[C@](F)(OC(F)(F)C(F)(F)C(F)(F)F)C(F)(F)F)C(F)(F)F)C[C@@H]1C. The molecule has 1 rings (SSSR count). The van der Waals surface area contributed by atoms with E-state index in [4.69, 9.17) is 0 Å². The molecule has 0 unspecified atom stereocenters. The monoisotopic (exact) mass is 605 g/mol. The van der Waals surface area contributed by atoms with Crippen molar-refractivity contribution in [3.05, 3.63) is 0 Å². The first kappa shape index (κ1) is 34.2. The highest BCUT2D eigenvalue weighted by Gasteiger charge is 2.85. The van der Waals surface area contributed by atoms with Gasteiger partial charge in [-0.15, -0.1) is 0 Å². The Morgan fingerprint density at radius 3 is 1.47 bits per heavy atom. The maximum absolute atomic E-state index is 14.5. The summed E-state index contributed by atoms with van der Waals surface area (Å²) in [5.74, 6) is -26.4. The molecule has 1 saturated carbocycles. The Morgan fingerprint density at radius 2 is 1.11 bits per heavy atom. The quantitative estimate of drug-likeness (QED) is 0.310. The molecule has 0 aromatic carbocycles. The fourth-order valence-corrected chi connectivity index (χ4v) is 3.12. The van der Waals surface area contributed by atoms with Crippen LogP contribution in [0.25, 0.3) is 0 Å². The molecule has 1 fully saturated rings. The van der Waals surface area contributed by atoms with E-state index in [0.29, 0.717) is 0 Å². The summed E-state index contributed by atoms with van der Waals surface area (Å²) in [5.41, 5.74) is 0. The minimum absolute atomic E-state index is 0.117. The van der Waals surface area contributed by atoms with E-state index in [2.05, 4.69) is 4.74 Å². The van der Waals surface area contributed by atoms with E-state index in [1.165, 1.54) is 17.0 Å². The molecule has 0 radical (unpaired) electrons. The third-order valence-electron chi connectivity index (χ3n) is 5.59. The van der Waals surface area contributed by atoms with Crippen LogP contribution in [-0.4, -0.2) is 60.3 Å². The lowest BCUT2D eigenvalue weighted by Gasteiger charge is -2.40. The standard InChI is InChI=1S/C17H16F17NO3/c1-6-3-4-8(5-7(6)2)35-9(36)10(18,13(22,23)24)37-17(33,34)12(21,15(28,29)30)38-16(31,32)11(19,20)14(25,26)27/h6-8H,3-5H2,1-2H3,(H,35,36)/t6-,7+,8-,10+,12-/m1/s1. The van der Waals surface area contributed by atoms with Gasteiger partial charge in [0.1, 0.15) is 0 Å². The minimum atomic E-state index is -8.02. The largest absolute Gasteiger partial charge is 0.462 e. The minimum Gasteiger partial charge on any atom is -0.348 e. The zero-order chi connectivity index (χ0) is 30.6. The average Bonchev–Trinajstić information content (AvgIpc) is 2.67. The number of rotatable bonds is 8. The van der Waals surface area contributed by atoms with Gasteiger partial charge in [0.2, 0.25) is 0 Å². The number of carbonyl (C=O) groups is 1. The lowest BCUT2D eigenvalue weighted by atomic mass is 9.79. The van der Waals surface area contributed by atoms with Gasteiger partial charge in [-0.25, -0.2) is 0 Å². The third kappa shape index (κ3) is 6.16. The first-order chi connectivity index (χ1) is 16.5. The van der Waals surface area contributed by atoms with Gasteiger partial charge in [0.05, 0.1) is 0 Å². The van der Waals surface area contributed by atoms with Crippen molar-refractivity contribution in [3.63, 3.8) is 0 Å². The van der Waals surface area contributed by atoms with Gasteiger partial charge in [-0.1, -0.05) is 13.8 Å². The van der Waals surface area contributed by atoms with Crippen LogP contribution in [0.4, 0.5) is 74.6 Å². The van der Waals surface area contributed by atoms with E-state index in [0.717, 1.165) is 0 Å². The first-order valence-electron chi connectivity index (χ1n) is 9.89. The molecule has 0 aliphatic heterocycles. The van der Waals surface area contributed by atoms with Crippen molar-refractivity contribution in [2.24, 2.45) is 11.8 Å². The Morgan fingerprint density at radius 1 is 0.632 bits per heavy atom. The summed E-state index contributed by atoms with van der Waals surface area (Å²) < 4.78 is 227. The zero-order valence-corrected chi connectivity index (χ0v) is 18.5. The summed E-state index contributed by atoms with van der Waals surface area (Å²) in [6.07, 6.45) is -38.7. The van der Waals surface area contributed by atoms with Crippen LogP contribution in [0.2, 0.25) is 0 Å². The topological polar surface area (TPSA) is 47.6 Å². The van der Waals surface area contributed by atoms with E-state index in [1.54, 1.807) is 6.92 Å². The third-order valence-corrected chi connectivity index (χ3v) is 5.59. The highest BCUT2D eigenvalue weighted by molar-refractivity contribution is 5.84. The number of nitrogens with one attached hydrogen (secondary N) is 1. The molecule has 1 amide bonds. The second-order valence-electron chi connectivity index (χ2n) is 8.43. The molecule has 21 heteroatoms. The molecule has 4 nitrogen and oxygen atoms in total. The number of halogens is 17. The van der Waals surface area contributed by atoms with Crippen molar-refractivity contribution in [1.29, 1.82) is 0 Å². The van der Waals surface area contributed by atoms with Gasteiger partial charge in [0.25, 0.3) is 5.91 Å². The van der Waals surface area contributed by atoms with Crippen LogP contribution in [0, 0.1) is 11.8 Å². The summed E-state index contributed by atoms with van der Waals surface area (Å²) in [7, 11) is 0. The molecule has 0 aromatic heterocycles. The summed E-state index contributed by atoms with van der Waals surface area (Å²) in [5, 5.41) is 1.17. The molecule has 38 heavy (non-hydrogen) atoms. The molecule has 1 N–H and O–H groups in total. The molecule has 0 bridgehead atoms. The number of amides is 1. The normalized spacial score (nSPS) is 25.9. The summed E-state index contributed by atoms with van der Waals surface area (Å²) >= 11 is 0. The number of hydrogen-bond acceptors (Lipinski definition) is 3. The van der Waals surface area contributed by atoms with Crippen molar-refractivity contribution in [3.8, 4) is 0 Å². The predicted molar refractivity (Wildman–Crippen MR) is 87.0 cm³/mol. The Labute approximate surface area is 200 Å². The molecule has 0 saturated heterocycles. The van der Waals surface area contributed by atoms with Crippen LogP contribution in [0.3, 0.4) is 0 Å². The number of ether oxygens (including phenoxy) is 2. The summed E-state index contributed by atoms with van der Waals surface area (Å²) in [6, 6.07) is -1.45. The van der Waals surface area contributed by atoms with Gasteiger partial charge in [-0.2, -0.15) is 74.6 Å². The molecular weight excluding hydrogens is 589 g/mol. The van der Waals surface area contributed by atoms with E-state index in [1.807, 2.05) is 0 Å². The Kier molecular flexibility index (Phi) is 9.00. The highest BCUT2D eigenvalue weighted by atomic mass is 19.4. The number of carbonyl (C=O) groups excluding carboxylic acids is 1. The second-order valence-corrected chi connectivity index (χ2v) is 8.43. The smallest absolute Gasteiger partial charge is 0.348 e. The Bertz CT molecular complexity index is 854. The fourth-order valence-electron chi connectivity index (χ4n) is 3.12. The predicted octanol–water partition coefficient (Wildman–Crippen LogP) is 6.80. The maximum Gasteiger partial charge on any atom is 0.462 e. The van der Waals surface area contributed by atoms with E-state index >= 15 is 0 Å². The summed E-state index contributed by atoms with van der Waals surface area (Å²) in [4.78, 5) is 11.9. The molecule has 5 atom stereocenters. The van der Waals surface area contributed by atoms with Gasteiger partial charge < -0.3 is 5.32 Å². The van der Waals surface area contributed by atoms with Crippen LogP contribution in [0.5, 0.6) is 0 Å². The van der Waals surface area contributed by atoms with Gasteiger partial charge >= 0.3 is 48.4 Å². The Hall–Kier alpha value is -1.80. The van der Waals surface area contributed by atoms with Crippen LogP contribution in [0.1, 0.15) is 33.1 Å². The first-order valence-corrected chi connectivity index (χ1v) is 9.89. The van der Waals surface area contributed by atoms with Gasteiger partial charge in [0, 0.05) is 6.04 Å². The molecule has 1 aliphatic carbocycles. The molecule has 0 spiro atoms. The van der Waals surface area contributed by atoms with E-state index in [-0.39, 0.29) is 25.2 Å². The van der Waals surface area contributed by atoms with Gasteiger partial charge in [-0.3, -0.25) is 14.3 Å². The number of alkyl halides is 17. The maximum atomic E-state index is 14.5. The van der Waals surface area contributed by atoms with Crippen molar-refractivity contribution in [1.82, 2.24) is 5.32 Å². The van der Waals surface area contributed by atoms with Gasteiger partial charge in [-0.05, 0) is 31.1 Å². The van der Waals surface area contributed by atoms with Crippen LogP contribution < -0.4 is 5.32 Å². The lowest BCUT2D eigenvalue weighted by Crippen LogP contribution is -2.69. The van der Waals surface area contributed by atoms with Crippen LogP contribution in [0.15, 0.2) is 0 Å². The molecule has 0 heterocycles. The highest BCUT2D eigenvalue weighted by Crippen LogP contribution is 2.56. The van der Waals surface area contributed by atoms with Crippen molar-refractivity contribution >= 4 is 5.91 Å². The van der Waals surface area contributed by atoms with Crippen molar-refractivity contribution in [2.75, 3.05) is 0 Å². The number of hydrogen-bond donors (Lipinski definition) is 1. The van der Waals surface area contributed by atoms with Gasteiger partial charge in [0.15, 0.2) is 0 Å². The fraction of sp³-hybridized carbons (Fsp3) is 0.941. The Balaban J connectivity index is 3.51. The second kappa shape index (κ2) is 9.99. The van der Waals surface area contributed by atoms with Crippen molar-refractivity contribution < 1.29 is 88.9 Å². The van der Waals surface area contributed by atoms with Crippen LogP contribution in [-0.2, 0) is 14.3 Å².